The van der Waals surface area contributed by atoms with Crippen LogP contribution in [0.4, 0.5) is 0 Å². The van der Waals surface area contributed by atoms with E-state index < -0.39 is 5.97 Å². The van der Waals surface area contributed by atoms with Crippen LogP contribution in [0, 0.1) is 11.8 Å². The van der Waals surface area contributed by atoms with Crippen molar-refractivity contribution >= 4 is 17.9 Å². The highest BCUT2D eigenvalue weighted by Gasteiger charge is 2.36. The molecule has 0 aromatic heterocycles. The Morgan fingerprint density at radius 2 is 1.05 bits per heavy atom. The van der Waals surface area contributed by atoms with Crippen molar-refractivity contribution in [3.63, 3.8) is 0 Å². The molecular formula is C34H50O6. The Balaban J connectivity index is 0. The first kappa shape index (κ1) is 38.5. The van der Waals surface area contributed by atoms with Crippen LogP contribution in [-0.4, -0.2) is 37.7 Å². The molecule has 1 saturated carbocycles. The monoisotopic (exact) mass is 554 g/mol. The third-order valence-corrected chi connectivity index (χ3v) is 4.89. The molecule has 0 spiro atoms. The summed E-state index contributed by atoms with van der Waals surface area (Å²) in [6, 6.07) is 17.7. The number of fused-ring (bicyclic) bond motifs is 1. The fourth-order valence-electron chi connectivity index (χ4n) is 3.10. The SMILES string of the molecule is CC.CC.CC.CC.CCOC(=O)c1ccccc1.O=C(OCCOC(=O)c1ccccc1)C1=CC2CC2C=C1. The lowest BCUT2D eigenvalue weighted by molar-refractivity contribution is -0.139. The molecule has 40 heavy (non-hydrogen) atoms. The highest BCUT2D eigenvalue weighted by Crippen LogP contribution is 2.44. The summed E-state index contributed by atoms with van der Waals surface area (Å²) in [5.74, 6) is 0.103. The van der Waals surface area contributed by atoms with Crippen LogP contribution in [0.25, 0.3) is 0 Å². The minimum Gasteiger partial charge on any atom is -0.462 e. The zero-order valence-corrected chi connectivity index (χ0v) is 25.9. The number of carbonyl (C=O) groups excluding carboxylic acids is 3. The van der Waals surface area contributed by atoms with E-state index >= 15 is 0 Å². The van der Waals surface area contributed by atoms with Gasteiger partial charge in [0.1, 0.15) is 13.2 Å². The Kier molecular flexibility index (Phi) is 24.6. The van der Waals surface area contributed by atoms with E-state index in [0.29, 0.717) is 35.1 Å². The molecule has 2 atom stereocenters. The van der Waals surface area contributed by atoms with Crippen LogP contribution in [0.15, 0.2) is 84.5 Å². The van der Waals surface area contributed by atoms with Gasteiger partial charge in [-0.25, -0.2) is 14.4 Å². The summed E-state index contributed by atoms with van der Waals surface area (Å²) in [4.78, 5) is 34.5. The van der Waals surface area contributed by atoms with Crippen molar-refractivity contribution < 1.29 is 28.6 Å². The average molecular weight is 555 g/mol. The summed E-state index contributed by atoms with van der Waals surface area (Å²) < 4.78 is 14.9. The molecule has 6 nitrogen and oxygen atoms in total. The lowest BCUT2D eigenvalue weighted by atomic mass is 10.1. The third kappa shape index (κ3) is 15.7. The maximum atomic E-state index is 11.8. The van der Waals surface area contributed by atoms with Gasteiger partial charge in [-0.05, 0) is 49.4 Å². The number of hydrogen-bond donors (Lipinski definition) is 0. The molecule has 0 N–H and O–H groups in total. The average Bonchev–Trinajstić information content (AvgIpc) is 3.83. The zero-order valence-electron chi connectivity index (χ0n) is 25.9. The molecule has 0 heterocycles. The molecule has 2 unspecified atom stereocenters. The molecule has 0 amide bonds. The second kappa shape index (κ2) is 25.6. The van der Waals surface area contributed by atoms with Gasteiger partial charge in [-0.2, -0.15) is 0 Å². The predicted octanol–water partition coefficient (Wildman–Crippen LogP) is 8.49. The number of esters is 3. The van der Waals surface area contributed by atoms with E-state index in [0.717, 1.165) is 6.42 Å². The van der Waals surface area contributed by atoms with Crippen molar-refractivity contribution in [1.29, 1.82) is 0 Å². The summed E-state index contributed by atoms with van der Waals surface area (Å²) in [7, 11) is 0. The van der Waals surface area contributed by atoms with Crippen LogP contribution < -0.4 is 0 Å². The number of hydrogen-bond acceptors (Lipinski definition) is 6. The van der Waals surface area contributed by atoms with Crippen LogP contribution in [0.5, 0.6) is 0 Å². The van der Waals surface area contributed by atoms with Crippen LogP contribution in [0.2, 0.25) is 0 Å². The van der Waals surface area contributed by atoms with Crippen LogP contribution in [0.1, 0.15) is 89.5 Å². The maximum absolute atomic E-state index is 11.8. The molecule has 0 radical (unpaired) electrons. The van der Waals surface area contributed by atoms with Crippen molar-refractivity contribution in [3.05, 3.63) is 95.6 Å². The van der Waals surface area contributed by atoms with E-state index in [9.17, 15) is 14.4 Å². The Hall–Kier alpha value is -3.67. The van der Waals surface area contributed by atoms with E-state index in [1.165, 1.54) is 0 Å². The summed E-state index contributed by atoms with van der Waals surface area (Å²) in [5, 5.41) is 0. The highest BCUT2D eigenvalue weighted by atomic mass is 16.6. The van der Waals surface area contributed by atoms with Crippen molar-refractivity contribution in [3.8, 4) is 0 Å². The minimum atomic E-state index is -0.413. The van der Waals surface area contributed by atoms with Gasteiger partial charge in [-0.1, -0.05) is 110 Å². The Morgan fingerprint density at radius 1 is 0.625 bits per heavy atom. The summed E-state index contributed by atoms with van der Waals surface area (Å²) in [5.41, 5.74) is 1.69. The van der Waals surface area contributed by atoms with Gasteiger partial charge in [-0.15, -0.1) is 0 Å². The molecule has 2 aromatic carbocycles. The molecule has 0 bridgehead atoms. The smallest absolute Gasteiger partial charge is 0.338 e. The second-order valence-corrected chi connectivity index (χ2v) is 7.27. The van der Waals surface area contributed by atoms with Crippen molar-refractivity contribution in [2.45, 2.75) is 68.7 Å². The van der Waals surface area contributed by atoms with E-state index in [1.807, 2.05) is 91.8 Å². The molecule has 2 aliphatic rings. The van der Waals surface area contributed by atoms with E-state index in [1.54, 1.807) is 43.3 Å². The Morgan fingerprint density at radius 3 is 1.48 bits per heavy atom. The molecule has 4 rings (SSSR count). The fourth-order valence-corrected chi connectivity index (χ4v) is 3.10. The second-order valence-electron chi connectivity index (χ2n) is 7.27. The largest absolute Gasteiger partial charge is 0.462 e. The first-order valence-corrected chi connectivity index (χ1v) is 14.6. The molecule has 6 heteroatoms. The number of rotatable bonds is 7. The predicted molar refractivity (Wildman–Crippen MR) is 164 cm³/mol. The summed E-state index contributed by atoms with van der Waals surface area (Å²) >= 11 is 0. The van der Waals surface area contributed by atoms with Gasteiger partial charge >= 0.3 is 17.9 Å². The van der Waals surface area contributed by atoms with Crippen molar-refractivity contribution in [2.75, 3.05) is 19.8 Å². The van der Waals surface area contributed by atoms with Crippen LogP contribution >= 0.6 is 0 Å². The van der Waals surface area contributed by atoms with Gasteiger partial charge in [0.05, 0.1) is 23.3 Å². The van der Waals surface area contributed by atoms with Gasteiger partial charge in [0, 0.05) is 0 Å². The van der Waals surface area contributed by atoms with Gasteiger partial charge in [0.2, 0.25) is 0 Å². The topological polar surface area (TPSA) is 78.9 Å². The molecule has 1 fully saturated rings. The van der Waals surface area contributed by atoms with E-state index in [-0.39, 0.29) is 25.2 Å². The van der Waals surface area contributed by atoms with Gasteiger partial charge in [0.25, 0.3) is 0 Å². The molecular weight excluding hydrogens is 504 g/mol. The molecule has 0 saturated heterocycles. The molecule has 222 valence electrons. The van der Waals surface area contributed by atoms with Crippen LogP contribution in [0.3, 0.4) is 0 Å². The van der Waals surface area contributed by atoms with Crippen LogP contribution in [-0.2, 0) is 19.0 Å². The molecule has 2 aliphatic carbocycles. The number of benzene rings is 2. The van der Waals surface area contributed by atoms with Gasteiger partial charge in [0.15, 0.2) is 0 Å². The zero-order chi connectivity index (χ0) is 30.8. The van der Waals surface area contributed by atoms with Gasteiger partial charge < -0.3 is 14.2 Å². The number of ether oxygens (including phenoxy) is 3. The quantitative estimate of drug-likeness (QED) is 0.194. The first-order chi connectivity index (χ1) is 19.6. The van der Waals surface area contributed by atoms with Gasteiger partial charge in [-0.3, -0.25) is 0 Å². The Bertz CT molecular complexity index is 980. The maximum Gasteiger partial charge on any atom is 0.338 e. The molecule has 2 aromatic rings. The number of allylic oxidation sites excluding steroid dienone is 2. The van der Waals surface area contributed by atoms with Crippen molar-refractivity contribution in [1.82, 2.24) is 0 Å². The summed E-state index contributed by atoms with van der Waals surface area (Å²) in [6.45, 7) is 18.3. The molecule has 0 aliphatic heterocycles. The lowest BCUT2D eigenvalue weighted by Crippen LogP contribution is -2.15. The van der Waals surface area contributed by atoms with E-state index in [2.05, 4.69) is 6.08 Å². The Labute approximate surface area is 242 Å². The number of carbonyl (C=O) groups is 3. The standard InChI is InChI=1S/C17H16O4.C9H10O2.4C2H6/c18-16(12-4-2-1-3-5-12)20-8-9-21-17(19)14-7-6-13-10-15(13)11-14;1-2-11-9(10)8-6-4-3-5-7-8;4*1-2/h1-7,11,13,15H,8-10H2;3-7H,2H2,1H3;4*1-2H3. The lowest BCUT2D eigenvalue weighted by Gasteiger charge is -2.08. The summed E-state index contributed by atoms with van der Waals surface area (Å²) in [6.07, 6.45) is 6.95. The normalized spacial score (nSPS) is 14.7. The minimum absolute atomic E-state index is 0.0581. The first-order valence-electron chi connectivity index (χ1n) is 14.6. The third-order valence-electron chi connectivity index (χ3n) is 4.89. The highest BCUT2D eigenvalue weighted by molar-refractivity contribution is 5.92. The fraction of sp³-hybridized carbons (Fsp3) is 0.441. The van der Waals surface area contributed by atoms with E-state index in [4.69, 9.17) is 14.2 Å². The van der Waals surface area contributed by atoms with Crippen molar-refractivity contribution in [2.24, 2.45) is 11.8 Å².